The van der Waals surface area contributed by atoms with Crippen molar-refractivity contribution >= 4 is 0 Å². The lowest BCUT2D eigenvalue weighted by Gasteiger charge is -2.22. The largest absolute Gasteiger partial charge is 0.378 e. The van der Waals surface area contributed by atoms with Gasteiger partial charge < -0.3 is 14.6 Å². The average Bonchev–Trinajstić information content (AvgIpc) is 2.97. The molecule has 1 saturated heterocycles. The molecule has 0 saturated carbocycles. The molecule has 1 aliphatic heterocycles. The van der Waals surface area contributed by atoms with Gasteiger partial charge in [-0.2, -0.15) is 4.98 Å². The van der Waals surface area contributed by atoms with Crippen molar-refractivity contribution in [1.82, 2.24) is 20.4 Å². The second-order valence-electron chi connectivity index (χ2n) is 5.30. The first-order chi connectivity index (χ1) is 10.3. The van der Waals surface area contributed by atoms with E-state index in [0.29, 0.717) is 30.8 Å². The molecule has 1 fully saturated rings. The topological polar surface area (TPSA) is 73.1 Å². The Morgan fingerprint density at radius 3 is 3.05 bits per heavy atom. The number of aryl methyl sites for hydroxylation is 1. The van der Waals surface area contributed by atoms with Crippen LogP contribution < -0.4 is 5.32 Å². The van der Waals surface area contributed by atoms with Gasteiger partial charge in [-0.15, -0.1) is 0 Å². The third-order valence-corrected chi connectivity index (χ3v) is 3.57. The summed E-state index contributed by atoms with van der Waals surface area (Å²) in [5.41, 5.74) is 1.87. The highest BCUT2D eigenvalue weighted by atomic mass is 16.5. The summed E-state index contributed by atoms with van der Waals surface area (Å²) in [4.78, 5) is 8.63. The van der Waals surface area contributed by atoms with Crippen LogP contribution in [0.25, 0.3) is 11.5 Å². The first kappa shape index (κ1) is 14.2. The van der Waals surface area contributed by atoms with Gasteiger partial charge in [0.05, 0.1) is 19.1 Å². The van der Waals surface area contributed by atoms with Crippen LogP contribution in [0.4, 0.5) is 0 Å². The van der Waals surface area contributed by atoms with Gasteiger partial charge in [-0.3, -0.25) is 4.98 Å². The van der Waals surface area contributed by atoms with Crippen molar-refractivity contribution in [3.63, 3.8) is 0 Å². The summed E-state index contributed by atoms with van der Waals surface area (Å²) in [6.07, 6.45) is 4.89. The Balaban J connectivity index is 1.53. The fraction of sp³-hybridized carbons (Fsp3) is 0.533. The SMILES string of the molecule is Cc1ccnc(-c2noc(CCOC3CCNCC3)n2)c1. The molecule has 1 aliphatic rings. The van der Waals surface area contributed by atoms with E-state index in [4.69, 9.17) is 9.26 Å². The van der Waals surface area contributed by atoms with Gasteiger partial charge >= 0.3 is 0 Å². The number of hydrogen-bond donors (Lipinski definition) is 1. The lowest BCUT2D eigenvalue weighted by molar-refractivity contribution is 0.0322. The number of rotatable bonds is 5. The monoisotopic (exact) mass is 288 g/mol. The summed E-state index contributed by atoms with van der Waals surface area (Å²) < 4.78 is 11.1. The van der Waals surface area contributed by atoms with Crippen LogP contribution in [0.15, 0.2) is 22.9 Å². The van der Waals surface area contributed by atoms with Crippen LogP contribution in [0.3, 0.4) is 0 Å². The molecule has 3 heterocycles. The molecule has 0 bridgehead atoms. The van der Waals surface area contributed by atoms with E-state index in [9.17, 15) is 0 Å². The standard InChI is InChI=1S/C15H20N4O2/c1-11-2-8-17-13(10-11)15-18-14(21-19-15)5-9-20-12-3-6-16-7-4-12/h2,8,10,12,16H,3-7,9H2,1H3. The van der Waals surface area contributed by atoms with Gasteiger partial charge in [0.1, 0.15) is 5.69 Å². The predicted octanol–water partition coefficient (Wildman–Crippen LogP) is 1.75. The normalized spacial score (nSPS) is 16.2. The maximum absolute atomic E-state index is 5.84. The number of ether oxygens (including phenoxy) is 1. The van der Waals surface area contributed by atoms with Crippen molar-refractivity contribution in [2.24, 2.45) is 0 Å². The molecule has 0 unspecified atom stereocenters. The summed E-state index contributed by atoms with van der Waals surface area (Å²) in [6, 6.07) is 3.89. The number of hydrogen-bond acceptors (Lipinski definition) is 6. The Labute approximate surface area is 123 Å². The Kier molecular flexibility index (Phi) is 4.57. The summed E-state index contributed by atoms with van der Waals surface area (Å²) in [7, 11) is 0. The molecule has 0 spiro atoms. The third kappa shape index (κ3) is 3.86. The summed E-state index contributed by atoms with van der Waals surface area (Å²) >= 11 is 0. The maximum Gasteiger partial charge on any atom is 0.229 e. The molecule has 3 rings (SSSR count). The second kappa shape index (κ2) is 6.78. The van der Waals surface area contributed by atoms with Gasteiger partial charge in [0.25, 0.3) is 0 Å². The minimum atomic E-state index is 0.354. The van der Waals surface area contributed by atoms with E-state index >= 15 is 0 Å². The molecule has 112 valence electrons. The molecule has 0 radical (unpaired) electrons. The van der Waals surface area contributed by atoms with Crippen molar-refractivity contribution in [2.45, 2.75) is 32.3 Å². The van der Waals surface area contributed by atoms with Crippen molar-refractivity contribution in [3.05, 3.63) is 29.8 Å². The highest BCUT2D eigenvalue weighted by molar-refractivity contribution is 5.48. The van der Waals surface area contributed by atoms with Crippen molar-refractivity contribution in [3.8, 4) is 11.5 Å². The highest BCUT2D eigenvalue weighted by Gasteiger charge is 2.14. The van der Waals surface area contributed by atoms with Crippen LogP contribution in [0, 0.1) is 6.92 Å². The van der Waals surface area contributed by atoms with Gasteiger partial charge in [-0.05, 0) is 50.6 Å². The maximum atomic E-state index is 5.84. The zero-order valence-electron chi connectivity index (χ0n) is 12.2. The molecule has 0 aliphatic carbocycles. The molecule has 21 heavy (non-hydrogen) atoms. The van der Waals surface area contributed by atoms with Gasteiger partial charge in [-0.1, -0.05) is 5.16 Å². The molecule has 0 atom stereocenters. The molecule has 6 nitrogen and oxygen atoms in total. The van der Waals surface area contributed by atoms with Gasteiger partial charge in [0.15, 0.2) is 0 Å². The smallest absolute Gasteiger partial charge is 0.229 e. The molecule has 2 aromatic rings. The first-order valence-electron chi connectivity index (χ1n) is 7.39. The van der Waals surface area contributed by atoms with E-state index < -0.39 is 0 Å². The zero-order chi connectivity index (χ0) is 14.5. The lowest BCUT2D eigenvalue weighted by atomic mass is 10.1. The third-order valence-electron chi connectivity index (χ3n) is 3.57. The summed E-state index contributed by atoms with van der Waals surface area (Å²) in [5, 5.41) is 7.30. The van der Waals surface area contributed by atoms with E-state index in [0.717, 1.165) is 37.2 Å². The number of nitrogens with zero attached hydrogens (tertiary/aromatic N) is 3. The molecular formula is C15H20N4O2. The van der Waals surface area contributed by atoms with Crippen LogP contribution in [-0.4, -0.2) is 40.9 Å². The van der Waals surface area contributed by atoms with Gasteiger partial charge in [0.2, 0.25) is 11.7 Å². The van der Waals surface area contributed by atoms with Crippen molar-refractivity contribution in [2.75, 3.05) is 19.7 Å². The molecular weight excluding hydrogens is 268 g/mol. The average molecular weight is 288 g/mol. The predicted molar refractivity (Wildman–Crippen MR) is 77.8 cm³/mol. The highest BCUT2D eigenvalue weighted by Crippen LogP contribution is 2.14. The summed E-state index contributed by atoms with van der Waals surface area (Å²) in [6.45, 7) is 4.70. The van der Waals surface area contributed by atoms with Crippen LogP contribution in [0.2, 0.25) is 0 Å². The number of aromatic nitrogens is 3. The second-order valence-corrected chi connectivity index (χ2v) is 5.30. The van der Waals surface area contributed by atoms with E-state index in [1.165, 1.54) is 0 Å². The van der Waals surface area contributed by atoms with Crippen LogP contribution in [0.1, 0.15) is 24.3 Å². The van der Waals surface area contributed by atoms with Crippen molar-refractivity contribution in [1.29, 1.82) is 0 Å². The van der Waals surface area contributed by atoms with E-state index in [1.807, 2.05) is 19.1 Å². The minimum Gasteiger partial charge on any atom is -0.378 e. The van der Waals surface area contributed by atoms with Gasteiger partial charge in [-0.25, -0.2) is 0 Å². The summed E-state index contributed by atoms with van der Waals surface area (Å²) in [5.74, 6) is 1.14. The van der Waals surface area contributed by atoms with Crippen molar-refractivity contribution < 1.29 is 9.26 Å². The Morgan fingerprint density at radius 1 is 1.38 bits per heavy atom. The Bertz CT molecular complexity index is 579. The molecule has 0 amide bonds. The Hall–Kier alpha value is -1.79. The Morgan fingerprint density at radius 2 is 2.24 bits per heavy atom. The fourth-order valence-electron chi connectivity index (χ4n) is 2.39. The molecule has 6 heteroatoms. The lowest BCUT2D eigenvalue weighted by Crippen LogP contribution is -2.32. The molecule has 1 N–H and O–H groups in total. The first-order valence-corrected chi connectivity index (χ1v) is 7.39. The minimum absolute atomic E-state index is 0.354. The van der Waals surface area contributed by atoms with E-state index in [2.05, 4.69) is 20.4 Å². The number of piperidine rings is 1. The zero-order valence-corrected chi connectivity index (χ0v) is 12.2. The van der Waals surface area contributed by atoms with Crippen LogP contribution in [-0.2, 0) is 11.2 Å². The quantitative estimate of drug-likeness (QED) is 0.903. The van der Waals surface area contributed by atoms with Gasteiger partial charge in [0, 0.05) is 6.20 Å². The van der Waals surface area contributed by atoms with E-state index in [1.54, 1.807) is 6.20 Å². The number of nitrogens with one attached hydrogen (secondary N) is 1. The molecule has 0 aromatic carbocycles. The van der Waals surface area contributed by atoms with Crippen LogP contribution in [0.5, 0.6) is 0 Å². The molecule has 2 aromatic heterocycles. The van der Waals surface area contributed by atoms with E-state index in [-0.39, 0.29) is 0 Å². The van der Waals surface area contributed by atoms with Crippen LogP contribution >= 0.6 is 0 Å². The number of pyridine rings is 1. The fourth-order valence-corrected chi connectivity index (χ4v) is 2.39.